The van der Waals surface area contributed by atoms with E-state index in [1.165, 1.54) is 12.1 Å². The fraction of sp³-hybridized carbons (Fsp3) is 0.647. The van der Waals surface area contributed by atoms with Crippen LogP contribution in [0.4, 0.5) is 13.2 Å². The van der Waals surface area contributed by atoms with Crippen molar-refractivity contribution in [2.24, 2.45) is 0 Å². The Morgan fingerprint density at radius 2 is 1.67 bits per heavy atom. The SMILES string of the molecule is CCOCCN1CCN(C[C@@H](O)c2ccc(C(F)(F)F)cc2)CC1. The Morgan fingerprint density at radius 1 is 1.08 bits per heavy atom. The monoisotopic (exact) mass is 346 g/mol. The van der Waals surface area contributed by atoms with Crippen molar-refractivity contribution in [3.63, 3.8) is 0 Å². The zero-order chi connectivity index (χ0) is 17.6. The predicted octanol–water partition coefficient (Wildman–Crippen LogP) is 2.39. The molecule has 0 aliphatic carbocycles. The number of benzene rings is 1. The first-order valence-corrected chi connectivity index (χ1v) is 8.28. The maximum Gasteiger partial charge on any atom is 0.416 e. The Balaban J connectivity index is 1.78. The summed E-state index contributed by atoms with van der Waals surface area (Å²) in [7, 11) is 0. The third kappa shape index (κ3) is 5.73. The van der Waals surface area contributed by atoms with Crippen molar-refractivity contribution in [1.82, 2.24) is 9.80 Å². The molecule has 0 aromatic heterocycles. The van der Waals surface area contributed by atoms with Gasteiger partial charge in [0, 0.05) is 45.9 Å². The van der Waals surface area contributed by atoms with Crippen LogP contribution in [0.25, 0.3) is 0 Å². The van der Waals surface area contributed by atoms with Crippen LogP contribution in [-0.4, -0.2) is 67.4 Å². The lowest BCUT2D eigenvalue weighted by Crippen LogP contribution is -2.48. The summed E-state index contributed by atoms with van der Waals surface area (Å²) in [6, 6.07) is 4.74. The lowest BCUT2D eigenvalue weighted by Gasteiger charge is -2.35. The summed E-state index contributed by atoms with van der Waals surface area (Å²) >= 11 is 0. The van der Waals surface area contributed by atoms with Crippen molar-refractivity contribution < 1.29 is 23.0 Å². The smallest absolute Gasteiger partial charge is 0.387 e. The van der Waals surface area contributed by atoms with Gasteiger partial charge in [-0.25, -0.2) is 0 Å². The molecule has 1 fully saturated rings. The molecule has 1 saturated heterocycles. The van der Waals surface area contributed by atoms with Gasteiger partial charge in [-0.05, 0) is 24.6 Å². The molecule has 0 radical (unpaired) electrons. The molecule has 1 aromatic rings. The van der Waals surface area contributed by atoms with Crippen LogP contribution in [0, 0.1) is 0 Å². The number of hydrogen-bond donors (Lipinski definition) is 1. The van der Waals surface area contributed by atoms with Crippen molar-refractivity contribution in [3.05, 3.63) is 35.4 Å². The van der Waals surface area contributed by atoms with Gasteiger partial charge in [-0.15, -0.1) is 0 Å². The number of halogens is 3. The molecule has 4 nitrogen and oxygen atoms in total. The van der Waals surface area contributed by atoms with Gasteiger partial charge >= 0.3 is 6.18 Å². The van der Waals surface area contributed by atoms with Crippen LogP contribution in [0.3, 0.4) is 0 Å². The third-order valence-electron chi connectivity index (χ3n) is 4.27. The third-order valence-corrected chi connectivity index (χ3v) is 4.27. The van der Waals surface area contributed by atoms with E-state index in [-0.39, 0.29) is 0 Å². The number of ether oxygens (including phenoxy) is 1. The van der Waals surface area contributed by atoms with E-state index in [2.05, 4.69) is 9.80 Å². The molecule has 7 heteroatoms. The molecule has 1 atom stereocenters. The minimum atomic E-state index is -4.35. The Morgan fingerprint density at radius 3 is 2.21 bits per heavy atom. The van der Waals surface area contributed by atoms with E-state index in [1.54, 1.807) is 0 Å². The fourth-order valence-electron chi connectivity index (χ4n) is 2.78. The zero-order valence-corrected chi connectivity index (χ0v) is 13.9. The molecule has 1 aliphatic heterocycles. The predicted molar refractivity (Wildman–Crippen MR) is 85.8 cm³/mol. The molecule has 24 heavy (non-hydrogen) atoms. The van der Waals surface area contributed by atoms with Crippen LogP contribution >= 0.6 is 0 Å². The number of alkyl halides is 3. The maximum atomic E-state index is 12.6. The molecule has 1 aliphatic rings. The van der Waals surface area contributed by atoms with Crippen LogP contribution in [-0.2, 0) is 10.9 Å². The maximum absolute atomic E-state index is 12.6. The highest BCUT2D eigenvalue weighted by atomic mass is 19.4. The average Bonchev–Trinajstić information content (AvgIpc) is 2.56. The van der Waals surface area contributed by atoms with E-state index in [4.69, 9.17) is 4.74 Å². The van der Waals surface area contributed by atoms with Crippen LogP contribution < -0.4 is 0 Å². The van der Waals surface area contributed by atoms with E-state index < -0.39 is 17.8 Å². The first-order chi connectivity index (χ1) is 11.4. The molecule has 1 aromatic carbocycles. The van der Waals surface area contributed by atoms with Crippen molar-refractivity contribution >= 4 is 0 Å². The van der Waals surface area contributed by atoms with Gasteiger partial charge in [-0.1, -0.05) is 12.1 Å². The topological polar surface area (TPSA) is 35.9 Å². The standard InChI is InChI=1S/C17H25F3N2O2/c1-2-24-12-11-21-7-9-22(10-8-21)13-16(23)14-3-5-15(6-4-14)17(18,19)20/h3-6,16,23H,2,7-13H2,1H3/t16-/m1/s1. The van der Waals surface area contributed by atoms with Crippen molar-refractivity contribution in [3.8, 4) is 0 Å². The van der Waals surface area contributed by atoms with Crippen molar-refractivity contribution in [1.29, 1.82) is 0 Å². The van der Waals surface area contributed by atoms with E-state index in [0.717, 1.165) is 58.1 Å². The molecule has 0 bridgehead atoms. The molecule has 136 valence electrons. The van der Waals surface area contributed by atoms with Gasteiger partial charge in [0.25, 0.3) is 0 Å². The van der Waals surface area contributed by atoms with Crippen LogP contribution in [0.1, 0.15) is 24.2 Å². The first kappa shape index (κ1) is 19.2. The molecule has 1 N–H and O–H groups in total. The lowest BCUT2D eigenvalue weighted by molar-refractivity contribution is -0.137. The Hall–Kier alpha value is -1.15. The summed E-state index contributed by atoms with van der Waals surface area (Å²) in [5.74, 6) is 0. The second-order valence-corrected chi connectivity index (χ2v) is 5.97. The molecular weight excluding hydrogens is 321 g/mol. The van der Waals surface area contributed by atoms with Gasteiger partial charge in [0.2, 0.25) is 0 Å². The summed E-state index contributed by atoms with van der Waals surface area (Å²) in [4.78, 5) is 4.45. The Labute approximate surface area is 140 Å². The van der Waals surface area contributed by atoms with Crippen LogP contribution in [0.15, 0.2) is 24.3 Å². The number of piperazine rings is 1. The number of aliphatic hydroxyl groups excluding tert-OH is 1. The zero-order valence-electron chi connectivity index (χ0n) is 13.9. The van der Waals surface area contributed by atoms with Gasteiger partial charge in [-0.2, -0.15) is 13.2 Å². The summed E-state index contributed by atoms with van der Waals surface area (Å²) in [5.41, 5.74) is -0.178. The molecule has 0 spiro atoms. The second-order valence-electron chi connectivity index (χ2n) is 5.97. The molecule has 0 saturated carbocycles. The van der Waals surface area contributed by atoms with E-state index >= 15 is 0 Å². The van der Waals surface area contributed by atoms with Gasteiger partial charge in [0.05, 0.1) is 18.3 Å². The van der Waals surface area contributed by atoms with E-state index in [9.17, 15) is 18.3 Å². The molecule has 2 rings (SSSR count). The Kier molecular flexibility index (Phi) is 7.03. The average molecular weight is 346 g/mol. The number of hydrogen-bond acceptors (Lipinski definition) is 4. The lowest BCUT2D eigenvalue weighted by atomic mass is 10.1. The summed E-state index contributed by atoms with van der Waals surface area (Å²) < 4.78 is 43.0. The summed E-state index contributed by atoms with van der Waals surface area (Å²) in [5, 5.41) is 10.2. The summed E-state index contributed by atoms with van der Waals surface area (Å²) in [6.45, 7) is 8.26. The number of rotatable bonds is 7. The second kappa shape index (κ2) is 8.80. The number of nitrogens with zero attached hydrogens (tertiary/aromatic N) is 2. The van der Waals surface area contributed by atoms with Gasteiger partial charge < -0.3 is 9.84 Å². The Bertz CT molecular complexity index is 486. The molecule has 0 unspecified atom stereocenters. The van der Waals surface area contributed by atoms with Crippen molar-refractivity contribution in [2.45, 2.75) is 19.2 Å². The van der Waals surface area contributed by atoms with E-state index in [0.29, 0.717) is 12.1 Å². The van der Waals surface area contributed by atoms with Gasteiger partial charge in [0.15, 0.2) is 0 Å². The largest absolute Gasteiger partial charge is 0.416 e. The fourth-order valence-corrected chi connectivity index (χ4v) is 2.78. The molecular formula is C17H25F3N2O2. The minimum Gasteiger partial charge on any atom is -0.387 e. The van der Waals surface area contributed by atoms with Crippen LogP contribution in [0.2, 0.25) is 0 Å². The number of β-amino-alcohol motifs (C(OH)–C–C–N with tert-alkyl or cyclic N) is 1. The summed E-state index contributed by atoms with van der Waals surface area (Å²) in [6.07, 6.45) is -5.12. The molecule has 0 amide bonds. The van der Waals surface area contributed by atoms with E-state index in [1.807, 2.05) is 6.92 Å². The van der Waals surface area contributed by atoms with Gasteiger partial charge in [0.1, 0.15) is 0 Å². The first-order valence-electron chi connectivity index (χ1n) is 8.28. The quantitative estimate of drug-likeness (QED) is 0.769. The van der Waals surface area contributed by atoms with Crippen molar-refractivity contribution in [2.75, 3.05) is 52.5 Å². The number of aliphatic hydroxyl groups is 1. The normalized spacial score (nSPS) is 18.7. The van der Waals surface area contributed by atoms with Crippen LogP contribution in [0.5, 0.6) is 0 Å². The highest BCUT2D eigenvalue weighted by Gasteiger charge is 2.30. The van der Waals surface area contributed by atoms with Gasteiger partial charge in [-0.3, -0.25) is 9.80 Å². The minimum absolute atomic E-state index is 0.435. The highest BCUT2D eigenvalue weighted by molar-refractivity contribution is 5.26. The highest BCUT2D eigenvalue weighted by Crippen LogP contribution is 2.30. The molecule has 1 heterocycles.